The Labute approximate surface area is 112 Å². The van der Waals surface area contributed by atoms with Crippen LogP contribution in [-0.2, 0) is 6.42 Å². The van der Waals surface area contributed by atoms with Gasteiger partial charge in [0.05, 0.1) is 6.26 Å². The van der Waals surface area contributed by atoms with E-state index in [0.717, 1.165) is 31.6 Å². The van der Waals surface area contributed by atoms with Gasteiger partial charge in [-0.2, -0.15) is 0 Å². The summed E-state index contributed by atoms with van der Waals surface area (Å²) in [6, 6.07) is 4.45. The number of hydrogen-bond donors (Lipinski definition) is 1. The van der Waals surface area contributed by atoms with E-state index in [9.17, 15) is 0 Å². The van der Waals surface area contributed by atoms with Crippen LogP contribution in [0.4, 0.5) is 0 Å². The van der Waals surface area contributed by atoms with Crippen molar-refractivity contribution in [3.05, 3.63) is 24.2 Å². The lowest BCUT2D eigenvalue weighted by atomic mass is 9.81. The highest BCUT2D eigenvalue weighted by molar-refractivity contribution is 5.06. The Kier molecular flexibility index (Phi) is 5.89. The van der Waals surface area contributed by atoms with Crippen molar-refractivity contribution in [2.45, 2.75) is 51.6 Å². The molecule has 1 aromatic heterocycles. The minimum absolute atomic E-state index is 0.183. The summed E-state index contributed by atoms with van der Waals surface area (Å²) >= 11 is 0. The van der Waals surface area contributed by atoms with Crippen molar-refractivity contribution in [2.75, 3.05) is 20.6 Å². The van der Waals surface area contributed by atoms with Crippen LogP contribution in [-0.4, -0.2) is 37.1 Å². The van der Waals surface area contributed by atoms with Gasteiger partial charge in [-0.3, -0.25) is 0 Å². The van der Waals surface area contributed by atoms with Crippen LogP contribution in [0.25, 0.3) is 0 Å². The van der Waals surface area contributed by atoms with Crippen LogP contribution in [0.2, 0.25) is 0 Å². The van der Waals surface area contributed by atoms with E-state index < -0.39 is 0 Å². The number of rotatable bonds is 8. The highest BCUT2D eigenvalue weighted by Gasteiger charge is 2.37. The molecule has 1 rings (SSSR count). The van der Waals surface area contributed by atoms with Gasteiger partial charge < -0.3 is 14.6 Å². The Morgan fingerprint density at radius 3 is 2.33 bits per heavy atom. The van der Waals surface area contributed by atoms with E-state index in [1.807, 2.05) is 6.07 Å². The fraction of sp³-hybridized carbons (Fsp3) is 0.733. The molecule has 1 N–H and O–H groups in total. The second-order valence-electron chi connectivity index (χ2n) is 5.10. The summed E-state index contributed by atoms with van der Waals surface area (Å²) in [7, 11) is 4.36. The van der Waals surface area contributed by atoms with Crippen molar-refractivity contribution in [2.24, 2.45) is 0 Å². The Morgan fingerprint density at radius 1 is 1.28 bits per heavy atom. The predicted octanol–water partition coefficient (Wildman–Crippen LogP) is 2.92. The quantitative estimate of drug-likeness (QED) is 0.771. The zero-order chi connectivity index (χ0) is 13.6. The van der Waals surface area contributed by atoms with Gasteiger partial charge in [0.25, 0.3) is 0 Å². The maximum Gasteiger partial charge on any atom is 0.105 e. The minimum Gasteiger partial charge on any atom is -0.469 e. The standard InChI is InChI=1S/C15H28N2O/c1-6-15(7-2,17(4)5)14(16-8-3)12-13-10-9-11-18-13/h9-11,14,16H,6-8,12H2,1-5H3. The average molecular weight is 252 g/mol. The van der Waals surface area contributed by atoms with Crippen LogP contribution < -0.4 is 5.32 Å². The van der Waals surface area contributed by atoms with Crippen molar-refractivity contribution in [1.29, 1.82) is 0 Å². The van der Waals surface area contributed by atoms with Crippen LogP contribution in [0.1, 0.15) is 39.4 Å². The molecular formula is C15H28N2O. The van der Waals surface area contributed by atoms with Gasteiger partial charge >= 0.3 is 0 Å². The molecule has 1 atom stereocenters. The zero-order valence-corrected chi connectivity index (χ0v) is 12.5. The highest BCUT2D eigenvalue weighted by Crippen LogP contribution is 2.28. The number of nitrogens with one attached hydrogen (secondary N) is 1. The van der Waals surface area contributed by atoms with E-state index in [0.29, 0.717) is 6.04 Å². The number of likely N-dealkylation sites (N-methyl/N-ethyl adjacent to an activating group) is 2. The van der Waals surface area contributed by atoms with Gasteiger partial charge in [0, 0.05) is 18.0 Å². The Bertz CT molecular complexity index is 315. The molecule has 1 heterocycles. The lowest BCUT2D eigenvalue weighted by molar-refractivity contribution is 0.0865. The molecule has 0 spiro atoms. The van der Waals surface area contributed by atoms with Gasteiger partial charge in [-0.1, -0.05) is 20.8 Å². The van der Waals surface area contributed by atoms with Gasteiger partial charge in [-0.05, 0) is 45.6 Å². The fourth-order valence-corrected chi connectivity index (χ4v) is 3.02. The molecule has 3 nitrogen and oxygen atoms in total. The Hall–Kier alpha value is -0.800. The molecular weight excluding hydrogens is 224 g/mol. The molecule has 0 amide bonds. The lowest BCUT2D eigenvalue weighted by Gasteiger charge is -2.45. The van der Waals surface area contributed by atoms with E-state index in [-0.39, 0.29) is 5.54 Å². The summed E-state index contributed by atoms with van der Waals surface area (Å²) in [5.74, 6) is 1.06. The van der Waals surface area contributed by atoms with Crippen molar-refractivity contribution in [1.82, 2.24) is 10.2 Å². The first kappa shape index (κ1) is 15.3. The van der Waals surface area contributed by atoms with Gasteiger partial charge in [-0.25, -0.2) is 0 Å². The second kappa shape index (κ2) is 6.95. The largest absolute Gasteiger partial charge is 0.469 e. The second-order valence-corrected chi connectivity index (χ2v) is 5.10. The molecule has 0 radical (unpaired) electrons. The number of hydrogen-bond acceptors (Lipinski definition) is 3. The SMILES string of the molecule is CCNC(Cc1ccco1)C(CC)(CC)N(C)C. The fourth-order valence-electron chi connectivity index (χ4n) is 3.02. The van der Waals surface area contributed by atoms with Gasteiger partial charge in [0.15, 0.2) is 0 Å². The maximum atomic E-state index is 5.52. The Balaban J connectivity index is 2.92. The predicted molar refractivity (Wildman–Crippen MR) is 76.9 cm³/mol. The third-order valence-electron chi connectivity index (χ3n) is 4.20. The van der Waals surface area contributed by atoms with Crippen LogP contribution in [0.3, 0.4) is 0 Å². The van der Waals surface area contributed by atoms with Crippen molar-refractivity contribution < 1.29 is 4.42 Å². The molecule has 1 unspecified atom stereocenters. The van der Waals surface area contributed by atoms with E-state index >= 15 is 0 Å². The first-order chi connectivity index (χ1) is 8.60. The summed E-state index contributed by atoms with van der Waals surface area (Å²) in [6.07, 6.45) is 4.97. The third-order valence-corrected chi connectivity index (χ3v) is 4.20. The van der Waals surface area contributed by atoms with E-state index in [1.165, 1.54) is 0 Å². The maximum absolute atomic E-state index is 5.52. The molecule has 0 saturated carbocycles. The molecule has 3 heteroatoms. The van der Waals surface area contributed by atoms with Gasteiger partial charge in [0.1, 0.15) is 5.76 Å². The van der Waals surface area contributed by atoms with E-state index in [2.05, 4.69) is 51.1 Å². The molecule has 0 aliphatic rings. The summed E-state index contributed by atoms with van der Waals surface area (Å²) < 4.78 is 5.52. The summed E-state index contributed by atoms with van der Waals surface area (Å²) in [5.41, 5.74) is 0.183. The molecule has 104 valence electrons. The van der Waals surface area contributed by atoms with Gasteiger partial charge in [0.2, 0.25) is 0 Å². The first-order valence-electron chi connectivity index (χ1n) is 7.03. The smallest absolute Gasteiger partial charge is 0.105 e. The van der Waals surface area contributed by atoms with Crippen LogP contribution in [0, 0.1) is 0 Å². The molecule has 0 aliphatic heterocycles. The molecule has 0 fully saturated rings. The van der Waals surface area contributed by atoms with Crippen molar-refractivity contribution >= 4 is 0 Å². The molecule has 1 aromatic rings. The summed E-state index contributed by atoms with van der Waals surface area (Å²) in [5, 5.41) is 3.64. The summed E-state index contributed by atoms with van der Waals surface area (Å²) in [4.78, 5) is 2.36. The summed E-state index contributed by atoms with van der Waals surface area (Å²) in [6.45, 7) is 7.70. The van der Waals surface area contributed by atoms with Crippen LogP contribution in [0.5, 0.6) is 0 Å². The lowest BCUT2D eigenvalue weighted by Crippen LogP contribution is -2.59. The molecule has 0 bridgehead atoms. The topological polar surface area (TPSA) is 28.4 Å². The van der Waals surface area contributed by atoms with Crippen LogP contribution >= 0.6 is 0 Å². The highest BCUT2D eigenvalue weighted by atomic mass is 16.3. The molecule has 0 aromatic carbocycles. The molecule has 18 heavy (non-hydrogen) atoms. The first-order valence-corrected chi connectivity index (χ1v) is 7.03. The normalized spacial score (nSPS) is 14.1. The molecule has 0 aliphatic carbocycles. The van der Waals surface area contributed by atoms with Gasteiger partial charge in [-0.15, -0.1) is 0 Å². The van der Waals surface area contributed by atoms with Crippen molar-refractivity contribution in [3.8, 4) is 0 Å². The number of furan rings is 1. The van der Waals surface area contributed by atoms with Crippen molar-refractivity contribution in [3.63, 3.8) is 0 Å². The monoisotopic (exact) mass is 252 g/mol. The molecule has 0 saturated heterocycles. The van der Waals surface area contributed by atoms with E-state index in [1.54, 1.807) is 6.26 Å². The third kappa shape index (κ3) is 3.15. The van der Waals surface area contributed by atoms with E-state index in [4.69, 9.17) is 4.42 Å². The minimum atomic E-state index is 0.183. The number of nitrogens with zero attached hydrogens (tertiary/aromatic N) is 1. The zero-order valence-electron chi connectivity index (χ0n) is 12.5. The average Bonchev–Trinajstić information content (AvgIpc) is 2.84. The van der Waals surface area contributed by atoms with Crippen LogP contribution in [0.15, 0.2) is 22.8 Å². The Morgan fingerprint density at radius 2 is 1.94 bits per heavy atom.